The van der Waals surface area contributed by atoms with Crippen molar-refractivity contribution in [3.63, 3.8) is 0 Å². The van der Waals surface area contributed by atoms with Gasteiger partial charge in [0.25, 0.3) is 5.91 Å². The molecule has 0 radical (unpaired) electrons. The van der Waals surface area contributed by atoms with Crippen LogP contribution < -0.4 is 5.32 Å². The molecule has 1 N–H and O–H groups in total. The van der Waals surface area contributed by atoms with E-state index in [-0.39, 0.29) is 24.2 Å². The Balaban J connectivity index is 2.21. The van der Waals surface area contributed by atoms with E-state index in [1.54, 1.807) is 7.11 Å². The van der Waals surface area contributed by atoms with Crippen molar-refractivity contribution in [3.05, 3.63) is 0 Å². The molecule has 2 rings (SSSR count). The summed E-state index contributed by atoms with van der Waals surface area (Å²) in [7, 11) is 1.56. The second-order valence-corrected chi connectivity index (χ2v) is 3.34. The number of imide groups is 1. The van der Waals surface area contributed by atoms with Gasteiger partial charge in [-0.2, -0.15) is 0 Å². The van der Waals surface area contributed by atoms with E-state index in [0.717, 1.165) is 19.3 Å². The number of nitrogens with one attached hydrogen (secondary N) is 1. The minimum absolute atomic E-state index is 0.188. The topological polar surface area (TPSA) is 58.6 Å². The van der Waals surface area contributed by atoms with Crippen LogP contribution in [-0.2, 0) is 9.53 Å². The summed E-state index contributed by atoms with van der Waals surface area (Å²) in [6, 6.07) is -0.618. The van der Waals surface area contributed by atoms with Crippen molar-refractivity contribution < 1.29 is 14.3 Å². The van der Waals surface area contributed by atoms with Gasteiger partial charge in [-0.25, -0.2) is 4.79 Å². The first-order valence-electron chi connectivity index (χ1n) is 4.40. The fourth-order valence-corrected chi connectivity index (χ4v) is 1.98. The number of ether oxygens (including phenoxy) is 1. The molecule has 0 saturated carbocycles. The van der Waals surface area contributed by atoms with Crippen LogP contribution in [0, 0.1) is 0 Å². The fourth-order valence-electron chi connectivity index (χ4n) is 1.98. The van der Waals surface area contributed by atoms with E-state index in [2.05, 4.69) is 5.32 Å². The van der Waals surface area contributed by atoms with Gasteiger partial charge in [-0.1, -0.05) is 0 Å². The molecule has 0 aromatic heterocycles. The summed E-state index contributed by atoms with van der Waals surface area (Å²) in [5.41, 5.74) is 0. The van der Waals surface area contributed by atoms with Crippen molar-refractivity contribution in [2.45, 2.75) is 31.5 Å². The summed E-state index contributed by atoms with van der Waals surface area (Å²) >= 11 is 0. The van der Waals surface area contributed by atoms with Gasteiger partial charge in [-0.3, -0.25) is 15.0 Å². The zero-order valence-corrected chi connectivity index (χ0v) is 7.45. The van der Waals surface area contributed by atoms with Gasteiger partial charge in [0, 0.05) is 7.11 Å². The molecule has 13 heavy (non-hydrogen) atoms. The lowest BCUT2D eigenvalue weighted by atomic mass is 10.0. The second kappa shape index (κ2) is 2.99. The quantitative estimate of drug-likeness (QED) is 0.586. The number of hydrogen-bond acceptors (Lipinski definition) is 3. The van der Waals surface area contributed by atoms with E-state index in [1.807, 2.05) is 0 Å². The van der Waals surface area contributed by atoms with Crippen molar-refractivity contribution >= 4 is 11.9 Å². The van der Waals surface area contributed by atoms with Crippen molar-refractivity contribution in [2.75, 3.05) is 7.11 Å². The molecule has 2 aliphatic rings. The SMILES string of the molecule is COC1CCCC2C(=O)NC(=O)N12. The standard InChI is InChI=1S/C8H12N2O3/c1-13-6-4-2-3-5-7(11)9-8(12)10(5)6/h5-6H,2-4H2,1H3,(H,9,11,12). The Morgan fingerprint density at radius 1 is 1.46 bits per heavy atom. The van der Waals surface area contributed by atoms with E-state index in [4.69, 9.17) is 4.74 Å². The molecule has 5 nitrogen and oxygen atoms in total. The molecule has 3 amide bonds. The third-order valence-corrected chi connectivity index (χ3v) is 2.61. The van der Waals surface area contributed by atoms with Crippen LogP contribution in [0.3, 0.4) is 0 Å². The van der Waals surface area contributed by atoms with Gasteiger partial charge in [0.2, 0.25) is 0 Å². The van der Waals surface area contributed by atoms with Gasteiger partial charge in [0.1, 0.15) is 12.3 Å². The Morgan fingerprint density at radius 2 is 2.23 bits per heavy atom. The summed E-state index contributed by atoms with van der Waals surface area (Å²) in [5.74, 6) is -0.188. The maximum Gasteiger partial charge on any atom is 0.326 e. The van der Waals surface area contributed by atoms with Gasteiger partial charge >= 0.3 is 6.03 Å². The van der Waals surface area contributed by atoms with Crippen LogP contribution in [0.15, 0.2) is 0 Å². The molecule has 0 bridgehead atoms. The highest BCUT2D eigenvalue weighted by atomic mass is 16.5. The predicted octanol–water partition coefficient (Wildman–Crippen LogP) is 0.0632. The second-order valence-electron chi connectivity index (χ2n) is 3.34. The van der Waals surface area contributed by atoms with Crippen molar-refractivity contribution in [1.29, 1.82) is 0 Å². The zero-order valence-electron chi connectivity index (χ0n) is 7.45. The predicted molar refractivity (Wildman–Crippen MR) is 43.8 cm³/mol. The molecule has 2 heterocycles. The minimum atomic E-state index is -0.318. The van der Waals surface area contributed by atoms with Gasteiger partial charge in [0.05, 0.1) is 0 Å². The minimum Gasteiger partial charge on any atom is -0.361 e. The van der Waals surface area contributed by atoms with Crippen LogP contribution in [0.1, 0.15) is 19.3 Å². The summed E-state index contributed by atoms with van der Waals surface area (Å²) in [4.78, 5) is 24.1. The number of piperidine rings is 1. The molecule has 0 spiro atoms. The number of carbonyl (C=O) groups excluding carboxylic acids is 2. The molecule has 2 aliphatic heterocycles. The third-order valence-electron chi connectivity index (χ3n) is 2.61. The molecule has 0 aromatic rings. The van der Waals surface area contributed by atoms with E-state index in [9.17, 15) is 9.59 Å². The average molecular weight is 184 g/mol. The Morgan fingerprint density at radius 3 is 2.92 bits per heavy atom. The first kappa shape index (κ1) is 8.50. The van der Waals surface area contributed by atoms with Crippen molar-refractivity contribution in [1.82, 2.24) is 10.2 Å². The van der Waals surface area contributed by atoms with Crippen molar-refractivity contribution in [3.8, 4) is 0 Å². The number of fused-ring (bicyclic) bond motifs is 1. The third kappa shape index (κ3) is 1.19. The van der Waals surface area contributed by atoms with E-state index < -0.39 is 0 Å². The first-order valence-corrected chi connectivity index (χ1v) is 4.40. The Labute approximate surface area is 76.0 Å². The largest absolute Gasteiger partial charge is 0.361 e. The number of nitrogens with zero attached hydrogens (tertiary/aromatic N) is 1. The molecule has 2 saturated heterocycles. The maximum absolute atomic E-state index is 11.3. The lowest BCUT2D eigenvalue weighted by Crippen LogP contribution is -2.47. The van der Waals surface area contributed by atoms with Gasteiger partial charge < -0.3 is 4.74 Å². The summed E-state index contributed by atoms with van der Waals surface area (Å²) in [6.45, 7) is 0. The van der Waals surface area contributed by atoms with Crippen LogP contribution in [0.5, 0.6) is 0 Å². The maximum atomic E-state index is 11.3. The summed E-state index contributed by atoms with van der Waals surface area (Å²) in [6.07, 6.45) is 2.26. The molecule has 5 heteroatoms. The molecule has 72 valence electrons. The van der Waals surface area contributed by atoms with Crippen LogP contribution in [0.4, 0.5) is 4.79 Å². The normalized spacial score (nSPS) is 33.2. The van der Waals surface area contributed by atoms with E-state index >= 15 is 0 Å². The zero-order chi connectivity index (χ0) is 9.42. The number of methoxy groups -OCH3 is 1. The molecular formula is C8H12N2O3. The highest BCUT2D eigenvalue weighted by Crippen LogP contribution is 2.26. The van der Waals surface area contributed by atoms with Gasteiger partial charge in [-0.05, 0) is 19.3 Å². The number of urea groups is 1. The monoisotopic (exact) mass is 184 g/mol. The summed E-state index contributed by atoms with van der Waals surface area (Å²) in [5, 5.41) is 2.29. The van der Waals surface area contributed by atoms with Gasteiger partial charge in [-0.15, -0.1) is 0 Å². The lowest BCUT2D eigenvalue weighted by molar-refractivity contribution is -0.126. The molecule has 0 aliphatic carbocycles. The van der Waals surface area contributed by atoms with Crippen molar-refractivity contribution in [2.24, 2.45) is 0 Å². The fraction of sp³-hybridized carbons (Fsp3) is 0.750. The number of hydrogen-bond donors (Lipinski definition) is 1. The Kier molecular flexibility index (Phi) is 1.95. The van der Waals surface area contributed by atoms with Crippen LogP contribution >= 0.6 is 0 Å². The highest BCUT2D eigenvalue weighted by Gasteiger charge is 2.44. The molecular weight excluding hydrogens is 172 g/mol. The Bertz CT molecular complexity index is 254. The first-order chi connectivity index (χ1) is 6.24. The van der Waals surface area contributed by atoms with E-state index in [0.29, 0.717) is 0 Å². The number of amides is 3. The van der Waals surface area contributed by atoms with E-state index in [1.165, 1.54) is 4.90 Å². The van der Waals surface area contributed by atoms with Crippen LogP contribution in [0.25, 0.3) is 0 Å². The molecule has 2 fully saturated rings. The molecule has 0 aromatic carbocycles. The van der Waals surface area contributed by atoms with Crippen LogP contribution in [-0.4, -0.2) is 36.2 Å². The average Bonchev–Trinajstić information content (AvgIpc) is 2.43. The lowest BCUT2D eigenvalue weighted by Gasteiger charge is -2.33. The molecule has 2 unspecified atom stereocenters. The van der Waals surface area contributed by atoms with Gasteiger partial charge in [0.15, 0.2) is 0 Å². The smallest absolute Gasteiger partial charge is 0.326 e. The molecule has 2 atom stereocenters. The number of carbonyl (C=O) groups is 2. The Hall–Kier alpha value is -1.10. The highest BCUT2D eigenvalue weighted by molar-refractivity contribution is 6.04. The summed E-state index contributed by atoms with van der Waals surface area (Å²) < 4.78 is 5.14. The number of rotatable bonds is 1. The van der Waals surface area contributed by atoms with Crippen LogP contribution in [0.2, 0.25) is 0 Å².